The molecule has 3 heteroatoms. The topological polar surface area (TPSA) is 41.3 Å². The predicted octanol–water partition coefficient (Wildman–Crippen LogP) is 1.46. The zero-order valence-electron chi connectivity index (χ0n) is 10.2. The lowest BCUT2D eigenvalue weighted by Crippen LogP contribution is -2.43. The summed E-state index contributed by atoms with van der Waals surface area (Å²) in [5.41, 5.74) is 8.05. The van der Waals surface area contributed by atoms with Gasteiger partial charge in [0.25, 0.3) is 0 Å². The molecule has 1 aliphatic rings. The minimum absolute atomic E-state index is 0.716. The van der Waals surface area contributed by atoms with Crippen molar-refractivity contribution in [1.29, 1.82) is 0 Å². The number of nitrogens with two attached hydrogens (primary N) is 1. The number of nitrogens with zero attached hydrogens (tertiary/aromatic N) is 1. The van der Waals surface area contributed by atoms with Crippen LogP contribution in [-0.4, -0.2) is 32.7 Å². The maximum absolute atomic E-state index is 5.47. The maximum atomic E-state index is 5.47. The second-order valence-corrected chi connectivity index (χ2v) is 4.31. The first-order valence-electron chi connectivity index (χ1n) is 6.32. The first-order valence-corrected chi connectivity index (χ1v) is 6.32. The first-order chi connectivity index (χ1) is 8.40. The van der Waals surface area contributed by atoms with E-state index in [4.69, 9.17) is 5.73 Å². The summed E-state index contributed by atoms with van der Waals surface area (Å²) in [6.45, 7) is 5.06. The smallest absolute Gasteiger partial charge is 0.0373 e. The molecule has 1 heterocycles. The van der Waals surface area contributed by atoms with Crippen molar-refractivity contribution < 1.29 is 0 Å². The molecule has 0 saturated carbocycles. The quantitative estimate of drug-likeness (QED) is 0.824. The van der Waals surface area contributed by atoms with Crippen molar-refractivity contribution in [2.45, 2.75) is 6.42 Å². The third kappa shape index (κ3) is 3.58. The van der Waals surface area contributed by atoms with Crippen LogP contribution in [0.15, 0.2) is 30.3 Å². The van der Waals surface area contributed by atoms with Gasteiger partial charge in [-0.15, -0.1) is 0 Å². The minimum Gasteiger partial charge on any atom is -0.369 e. The molecular formula is C14H21N3. The number of benzene rings is 1. The molecule has 0 aromatic heterocycles. The Bertz CT molecular complexity index is 367. The van der Waals surface area contributed by atoms with Crippen LogP contribution in [-0.2, 0) is 0 Å². The van der Waals surface area contributed by atoms with Crippen LogP contribution in [0.25, 0.3) is 6.08 Å². The molecule has 1 fully saturated rings. The summed E-state index contributed by atoms with van der Waals surface area (Å²) < 4.78 is 0. The average molecular weight is 231 g/mol. The van der Waals surface area contributed by atoms with Crippen LogP contribution in [0.3, 0.4) is 0 Å². The summed E-state index contributed by atoms with van der Waals surface area (Å²) in [5, 5.41) is 3.37. The number of hydrogen-bond donors (Lipinski definition) is 2. The zero-order chi connectivity index (χ0) is 11.9. The van der Waals surface area contributed by atoms with E-state index in [0.717, 1.165) is 32.6 Å². The molecule has 2 rings (SSSR count). The lowest BCUT2D eigenvalue weighted by atomic mass is 10.1. The molecule has 1 aromatic carbocycles. The number of anilines is 1. The molecule has 0 atom stereocenters. The molecular weight excluding hydrogens is 210 g/mol. The highest BCUT2D eigenvalue weighted by Crippen LogP contribution is 2.17. The number of rotatable bonds is 4. The Labute approximate surface area is 103 Å². The predicted molar refractivity (Wildman–Crippen MR) is 74.2 cm³/mol. The average Bonchev–Trinajstić information content (AvgIpc) is 2.41. The van der Waals surface area contributed by atoms with Gasteiger partial charge in [-0.2, -0.15) is 0 Å². The Balaban J connectivity index is 2.05. The highest BCUT2D eigenvalue weighted by molar-refractivity contribution is 5.58. The minimum atomic E-state index is 0.716. The Morgan fingerprint density at radius 3 is 2.88 bits per heavy atom. The lowest BCUT2D eigenvalue weighted by Gasteiger charge is -2.29. The SMILES string of the molecule is NCCC=Cc1cccc(N2CCNCC2)c1. The van der Waals surface area contributed by atoms with Gasteiger partial charge in [0.15, 0.2) is 0 Å². The Hall–Kier alpha value is -1.32. The first kappa shape index (κ1) is 12.1. The van der Waals surface area contributed by atoms with Crippen LogP contribution in [0, 0.1) is 0 Å². The molecule has 1 aromatic rings. The van der Waals surface area contributed by atoms with E-state index in [-0.39, 0.29) is 0 Å². The van der Waals surface area contributed by atoms with Crippen LogP contribution in [0.4, 0.5) is 5.69 Å². The van der Waals surface area contributed by atoms with Gasteiger partial charge >= 0.3 is 0 Å². The van der Waals surface area contributed by atoms with Crippen LogP contribution >= 0.6 is 0 Å². The van der Waals surface area contributed by atoms with Gasteiger partial charge in [0.2, 0.25) is 0 Å². The van der Waals surface area contributed by atoms with Gasteiger partial charge in [-0.1, -0.05) is 24.3 Å². The molecule has 0 spiro atoms. The fourth-order valence-corrected chi connectivity index (χ4v) is 2.06. The van der Waals surface area contributed by atoms with Crippen molar-refractivity contribution in [2.75, 3.05) is 37.6 Å². The molecule has 0 radical (unpaired) electrons. The van der Waals surface area contributed by atoms with Crippen molar-refractivity contribution >= 4 is 11.8 Å². The van der Waals surface area contributed by atoms with Gasteiger partial charge in [0.05, 0.1) is 0 Å². The van der Waals surface area contributed by atoms with E-state index in [1.807, 2.05) is 0 Å². The van der Waals surface area contributed by atoms with Gasteiger partial charge < -0.3 is 16.0 Å². The molecule has 3 N–H and O–H groups in total. The van der Waals surface area contributed by atoms with E-state index in [1.165, 1.54) is 11.3 Å². The highest BCUT2D eigenvalue weighted by Gasteiger charge is 2.09. The summed E-state index contributed by atoms with van der Waals surface area (Å²) in [5.74, 6) is 0. The molecule has 3 nitrogen and oxygen atoms in total. The van der Waals surface area contributed by atoms with E-state index >= 15 is 0 Å². The third-order valence-corrected chi connectivity index (χ3v) is 3.00. The fraction of sp³-hybridized carbons (Fsp3) is 0.429. The second-order valence-electron chi connectivity index (χ2n) is 4.31. The highest BCUT2D eigenvalue weighted by atomic mass is 15.2. The van der Waals surface area contributed by atoms with Crippen molar-refractivity contribution in [3.63, 3.8) is 0 Å². The van der Waals surface area contributed by atoms with Crippen LogP contribution in [0.5, 0.6) is 0 Å². The number of hydrogen-bond acceptors (Lipinski definition) is 3. The summed E-state index contributed by atoms with van der Waals surface area (Å²) in [7, 11) is 0. The Morgan fingerprint density at radius 1 is 1.29 bits per heavy atom. The lowest BCUT2D eigenvalue weighted by molar-refractivity contribution is 0.589. The van der Waals surface area contributed by atoms with Crippen molar-refractivity contribution in [1.82, 2.24) is 5.32 Å². The standard InChI is InChI=1S/C14H21N3/c15-7-2-1-4-13-5-3-6-14(12-13)17-10-8-16-9-11-17/h1,3-6,12,16H,2,7-11,15H2. The van der Waals surface area contributed by atoms with Gasteiger partial charge in [0, 0.05) is 31.9 Å². The Morgan fingerprint density at radius 2 is 2.12 bits per heavy atom. The molecule has 0 unspecified atom stereocenters. The zero-order valence-corrected chi connectivity index (χ0v) is 10.2. The molecule has 92 valence electrons. The molecule has 0 aliphatic carbocycles. The summed E-state index contributed by atoms with van der Waals surface area (Å²) in [4.78, 5) is 2.43. The van der Waals surface area contributed by atoms with E-state index in [0.29, 0.717) is 6.54 Å². The van der Waals surface area contributed by atoms with E-state index in [2.05, 4.69) is 46.6 Å². The van der Waals surface area contributed by atoms with Crippen LogP contribution in [0.2, 0.25) is 0 Å². The number of nitrogens with one attached hydrogen (secondary N) is 1. The largest absolute Gasteiger partial charge is 0.369 e. The van der Waals surface area contributed by atoms with E-state index in [9.17, 15) is 0 Å². The van der Waals surface area contributed by atoms with Gasteiger partial charge in [-0.3, -0.25) is 0 Å². The molecule has 1 saturated heterocycles. The summed E-state index contributed by atoms with van der Waals surface area (Å²) in [6.07, 6.45) is 5.23. The molecule has 17 heavy (non-hydrogen) atoms. The van der Waals surface area contributed by atoms with E-state index in [1.54, 1.807) is 0 Å². The Kier molecular flexibility index (Phi) is 4.59. The van der Waals surface area contributed by atoms with Crippen molar-refractivity contribution in [2.24, 2.45) is 5.73 Å². The van der Waals surface area contributed by atoms with Gasteiger partial charge in [-0.05, 0) is 30.7 Å². The normalized spacial score (nSPS) is 16.6. The maximum Gasteiger partial charge on any atom is 0.0373 e. The molecule has 1 aliphatic heterocycles. The molecule has 0 bridgehead atoms. The van der Waals surface area contributed by atoms with Crippen molar-refractivity contribution in [3.05, 3.63) is 35.9 Å². The molecule has 0 amide bonds. The van der Waals surface area contributed by atoms with Crippen molar-refractivity contribution in [3.8, 4) is 0 Å². The number of piperazine rings is 1. The van der Waals surface area contributed by atoms with Gasteiger partial charge in [-0.25, -0.2) is 0 Å². The van der Waals surface area contributed by atoms with Crippen LogP contribution in [0.1, 0.15) is 12.0 Å². The third-order valence-electron chi connectivity index (χ3n) is 3.00. The van der Waals surface area contributed by atoms with Crippen LogP contribution < -0.4 is 16.0 Å². The van der Waals surface area contributed by atoms with E-state index < -0.39 is 0 Å². The summed E-state index contributed by atoms with van der Waals surface area (Å²) in [6, 6.07) is 8.70. The summed E-state index contributed by atoms with van der Waals surface area (Å²) >= 11 is 0. The monoisotopic (exact) mass is 231 g/mol. The second kappa shape index (κ2) is 6.42. The van der Waals surface area contributed by atoms with Gasteiger partial charge in [0.1, 0.15) is 0 Å². The fourth-order valence-electron chi connectivity index (χ4n) is 2.06.